The van der Waals surface area contributed by atoms with Gasteiger partial charge < -0.3 is 15.4 Å². The zero-order valence-electron chi connectivity index (χ0n) is 17.0. The van der Waals surface area contributed by atoms with Gasteiger partial charge in [-0.15, -0.1) is 24.0 Å². The molecule has 1 aromatic rings. The van der Waals surface area contributed by atoms with E-state index < -0.39 is 0 Å². The van der Waals surface area contributed by atoms with Crippen LogP contribution in [0.4, 0.5) is 0 Å². The molecule has 2 rings (SSSR count). The summed E-state index contributed by atoms with van der Waals surface area (Å²) in [7, 11) is 3.62. The van der Waals surface area contributed by atoms with Gasteiger partial charge in [0.25, 0.3) is 0 Å². The van der Waals surface area contributed by atoms with Crippen LogP contribution >= 0.6 is 24.0 Å². The Labute approximate surface area is 175 Å². The average Bonchev–Trinajstić information content (AvgIpc) is 2.86. The number of ether oxygens (including phenoxy) is 1. The third-order valence-corrected chi connectivity index (χ3v) is 5.31. The minimum absolute atomic E-state index is 0. The van der Waals surface area contributed by atoms with Crippen LogP contribution in [0.25, 0.3) is 0 Å². The van der Waals surface area contributed by atoms with Crippen molar-refractivity contribution < 1.29 is 4.74 Å². The van der Waals surface area contributed by atoms with E-state index in [1.165, 1.54) is 25.0 Å². The van der Waals surface area contributed by atoms with E-state index in [1.807, 2.05) is 14.0 Å². The van der Waals surface area contributed by atoms with E-state index in [0.29, 0.717) is 11.3 Å². The molecular formula is C19H36IN5O. The molecule has 26 heavy (non-hydrogen) atoms. The van der Waals surface area contributed by atoms with Gasteiger partial charge in [0.05, 0.1) is 5.69 Å². The van der Waals surface area contributed by atoms with Crippen molar-refractivity contribution in [3.63, 3.8) is 0 Å². The maximum Gasteiger partial charge on any atom is 0.191 e. The predicted octanol–water partition coefficient (Wildman–Crippen LogP) is 3.13. The topological polar surface area (TPSA) is 63.5 Å². The quantitative estimate of drug-likeness (QED) is 0.326. The van der Waals surface area contributed by atoms with Crippen molar-refractivity contribution in [1.29, 1.82) is 0 Å². The first-order chi connectivity index (χ1) is 12.0. The van der Waals surface area contributed by atoms with Gasteiger partial charge in [-0.3, -0.25) is 9.67 Å². The molecule has 1 heterocycles. The molecule has 0 spiro atoms. The van der Waals surface area contributed by atoms with Gasteiger partial charge in [0.2, 0.25) is 0 Å². The molecule has 1 fully saturated rings. The average molecular weight is 477 g/mol. The molecule has 1 unspecified atom stereocenters. The van der Waals surface area contributed by atoms with Crippen LogP contribution in [0.1, 0.15) is 44.0 Å². The van der Waals surface area contributed by atoms with Gasteiger partial charge in [0.1, 0.15) is 0 Å². The van der Waals surface area contributed by atoms with E-state index >= 15 is 0 Å². The summed E-state index contributed by atoms with van der Waals surface area (Å²) < 4.78 is 7.36. The largest absolute Gasteiger partial charge is 0.385 e. The number of hydrogen-bond acceptors (Lipinski definition) is 3. The molecule has 1 aliphatic rings. The molecule has 2 N–H and O–H groups in total. The van der Waals surface area contributed by atoms with Crippen molar-refractivity contribution in [2.24, 2.45) is 16.3 Å². The standard InChI is InChI=1S/C19H35N5O.HI/c1-15(13-24-17(3)11-16(2)23-24)12-21-18(20-4)22-14-19(7-6-8-19)9-10-25-5;/h11,15H,6-10,12-14H2,1-5H3,(H2,20,21,22);1H. The van der Waals surface area contributed by atoms with Crippen LogP contribution in [-0.2, 0) is 11.3 Å². The molecule has 7 heteroatoms. The Morgan fingerprint density at radius 2 is 2.12 bits per heavy atom. The predicted molar refractivity (Wildman–Crippen MR) is 118 cm³/mol. The van der Waals surface area contributed by atoms with Crippen molar-refractivity contribution in [2.75, 3.05) is 33.9 Å². The summed E-state index contributed by atoms with van der Waals surface area (Å²) >= 11 is 0. The van der Waals surface area contributed by atoms with Crippen LogP contribution in [0.5, 0.6) is 0 Å². The minimum Gasteiger partial charge on any atom is -0.385 e. The van der Waals surface area contributed by atoms with Crippen molar-refractivity contribution >= 4 is 29.9 Å². The van der Waals surface area contributed by atoms with Crippen molar-refractivity contribution in [3.8, 4) is 0 Å². The molecule has 0 aliphatic heterocycles. The van der Waals surface area contributed by atoms with Gasteiger partial charge in [-0.05, 0) is 50.5 Å². The minimum atomic E-state index is 0. The molecule has 1 saturated carbocycles. The molecular weight excluding hydrogens is 441 g/mol. The molecule has 1 atom stereocenters. The Morgan fingerprint density at radius 1 is 1.38 bits per heavy atom. The summed E-state index contributed by atoms with van der Waals surface area (Å²) in [6.45, 7) is 10.00. The van der Waals surface area contributed by atoms with Crippen LogP contribution in [0.3, 0.4) is 0 Å². The van der Waals surface area contributed by atoms with E-state index in [2.05, 4.69) is 45.3 Å². The van der Waals surface area contributed by atoms with E-state index in [9.17, 15) is 0 Å². The Kier molecular flexibility index (Phi) is 9.92. The van der Waals surface area contributed by atoms with Gasteiger partial charge in [0, 0.05) is 46.1 Å². The molecule has 0 saturated heterocycles. The van der Waals surface area contributed by atoms with Gasteiger partial charge in [-0.25, -0.2) is 0 Å². The number of aromatic nitrogens is 2. The fraction of sp³-hybridized carbons (Fsp3) is 0.789. The first-order valence-electron chi connectivity index (χ1n) is 9.42. The van der Waals surface area contributed by atoms with Crippen molar-refractivity contribution in [2.45, 2.75) is 53.0 Å². The molecule has 0 bridgehead atoms. The van der Waals surface area contributed by atoms with E-state index in [-0.39, 0.29) is 24.0 Å². The number of aliphatic imine (C=N–C) groups is 1. The molecule has 0 radical (unpaired) electrons. The second-order valence-electron chi connectivity index (χ2n) is 7.62. The summed E-state index contributed by atoms with van der Waals surface area (Å²) in [5.74, 6) is 1.37. The molecule has 150 valence electrons. The summed E-state index contributed by atoms with van der Waals surface area (Å²) in [5.41, 5.74) is 2.69. The SMILES string of the molecule is CN=C(NCC(C)Cn1nc(C)cc1C)NCC1(CCOC)CCC1.I. The highest BCUT2D eigenvalue weighted by Gasteiger charge is 2.36. The van der Waals surface area contributed by atoms with Crippen LogP contribution < -0.4 is 10.6 Å². The molecule has 1 aliphatic carbocycles. The number of nitrogens with zero attached hydrogens (tertiary/aromatic N) is 3. The Morgan fingerprint density at radius 3 is 2.62 bits per heavy atom. The highest BCUT2D eigenvalue weighted by molar-refractivity contribution is 14.0. The Hall–Kier alpha value is -0.830. The summed E-state index contributed by atoms with van der Waals surface area (Å²) in [5, 5.41) is 11.5. The third kappa shape index (κ3) is 6.72. The van der Waals surface area contributed by atoms with Crippen LogP contribution in [0.2, 0.25) is 0 Å². The highest BCUT2D eigenvalue weighted by Crippen LogP contribution is 2.43. The maximum atomic E-state index is 5.27. The molecule has 0 aromatic carbocycles. The van der Waals surface area contributed by atoms with Crippen molar-refractivity contribution in [1.82, 2.24) is 20.4 Å². The van der Waals surface area contributed by atoms with Gasteiger partial charge in [-0.2, -0.15) is 5.10 Å². The number of rotatable bonds is 9. The first kappa shape index (κ1) is 23.2. The van der Waals surface area contributed by atoms with E-state index in [4.69, 9.17) is 4.74 Å². The zero-order chi connectivity index (χ0) is 18.3. The lowest BCUT2D eigenvalue weighted by Crippen LogP contribution is -2.47. The lowest BCUT2D eigenvalue weighted by Gasteiger charge is -2.42. The smallest absolute Gasteiger partial charge is 0.191 e. The van der Waals surface area contributed by atoms with E-state index in [0.717, 1.165) is 44.3 Å². The fourth-order valence-electron chi connectivity index (χ4n) is 3.49. The number of hydrogen-bond donors (Lipinski definition) is 2. The second kappa shape index (κ2) is 11.1. The maximum absolute atomic E-state index is 5.27. The number of aryl methyl sites for hydroxylation is 2. The summed E-state index contributed by atoms with van der Waals surface area (Å²) in [6, 6.07) is 2.12. The van der Waals surface area contributed by atoms with Crippen LogP contribution in [0.15, 0.2) is 11.1 Å². The highest BCUT2D eigenvalue weighted by atomic mass is 127. The van der Waals surface area contributed by atoms with Gasteiger partial charge in [-0.1, -0.05) is 13.3 Å². The monoisotopic (exact) mass is 477 g/mol. The van der Waals surface area contributed by atoms with Gasteiger partial charge in [0.15, 0.2) is 5.96 Å². The molecule has 6 nitrogen and oxygen atoms in total. The lowest BCUT2D eigenvalue weighted by atomic mass is 9.67. The van der Waals surface area contributed by atoms with Crippen LogP contribution in [0, 0.1) is 25.2 Å². The summed E-state index contributed by atoms with van der Waals surface area (Å²) in [6.07, 6.45) is 5.03. The normalized spacial score (nSPS) is 17.2. The lowest BCUT2D eigenvalue weighted by molar-refractivity contribution is 0.0732. The van der Waals surface area contributed by atoms with E-state index in [1.54, 1.807) is 7.11 Å². The number of guanidine groups is 1. The van der Waals surface area contributed by atoms with Crippen LogP contribution in [-0.4, -0.2) is 49.6 Å². The third-order valence-electron chi connectivity index (χ3n) is 5.31. The molecule has 1 aromatic heterocycles. The number of methoxy groups -OCH3 is 1. The number of nitrogens with one attached hydrogen (secondary N) is 2. The summed E-state index contributed by atoms with van der Waals surface area (Å²) in [4.78, 5) is 4.37. The first-order valence-corrected chi connectivity index (χ1v) is 9.42. The molecule has 0 amide bonds. The fourth-order valence-corrected chi connectivity index (χ4v) is 3.49. The van der Waals surface area contributed by atoms with Gasteiger partial charge >= 0.3 is 0 Å². The Bertz CT molecular complexity index is 568. The van der Waals surface area contributed by atoms with Crippen molar-refractivity contribution in [3.05, 3.63) is 17.5 Å². The zero-order valence-corrected chi connectivity index (χ0v) is 19.3. The Balaban J connectivity index is 0.00000338. The second-order valence-corrected chi connectivity index (χ2v) is 7.62. The number of halogens is 1.